The van der Waals surface area contributed by atoms with E-state index in [9.17, 15) is 9.59 Å². The molecule has 1 spiro atoms. The predicted octanol–water partition coefficient (Wildman–Crippen LogP) is 4.94. The number of fused-ring (bicyclic) bond motifs is 1. The van der Waals surface area contributed by atoms with Crippen LogP contribution >= 0.6 is 0 Å². The number of carbonyl (C=O) groups is 2. The molecule has 0 aromatic rings. The molecule has 2 heterocycles. The fraction of sp³-hybridized carbons (Fsp3) is 0.864. The van der Waals surface area contributed by atoms with Crippen LogP contribution in [0.25, 0.3) is 0 Å². The molecule has 164 valence electrons. The smallest absolute Gasteiger partial charge is 0.437 e. The minimum Gasteiger partial charge on any atom is -0.443 e. The van der Waals surface area contributed by atoms with Crippen LogP contribution in [0.3, 0.4) is 0 Å². The van der Waals surface area contributed by atoms with E-state index in [1.807, 2.05) is 41.5 Å². The number of nitrogens with zero attached hydrogens (tertiary/aromatic N) is 3. The summed E-state index contributed by atoms with van der Waals surface area (Å²) in [6.07, 6.45) is 7.30. The van der Waals surface area contributed by atoms with Crippen molar-refractivity contribution in [1.82, 2.24) is 9.80 Å². The second-order valence-corrected chi connectivity index (χ2v) is 10.9. The van der Waals surface area contributed by atoms with Gasteiger partial charge in [-0.3, -0.25) is 0 Å². The van der Waals surface area contributed by atoms with Gasteiger partial charge in [0.2, 0.25) is 5.96 Å². The van der Waals surface area contributed by atoms with E-state index < -0.39 is 23.4 Å². The summed E-state index contributed by atoms with van der Waals surface area (Å²) in [7, 11) is 0. The summed E-state index contributed by atoms with van der Waals surface area (Å²) >= 11 is 0. The molecule has 0 N–H and O–H groups in total. The Balaban J connectivity index is 1.87. The van der Waals surface area contributed by atoms with Crippen LogP contribution < -0.4 is 0 Å². The molecule has 1 atom stereocenters. The van der Waals surface area contributed by atoms with Gasteiger partial charge in [0.25, 0.3) is 0 Å². The van der Waals surface area contributed by atoms with Crippen molar-refractivity contribution in [2.75, 3.05) is 13.1 Å². The van der Waals surface area contributed by atoms with E-state index in [2.05, 4.69) is 9.89 Å². The largest absolute Gasteiger partial charge is 0.443 e. The normalized spacial score (nSPS) is 25.9. The predicted molar refractivity (Wildman–Crippen MR) is 112 cm³/mol. The zero-order chi connectivity index (χ0) is 21.4. The molecular formula is C22H37N3O4. The van der Waals surface area contributed by atoms with E-state index in [-0.39, 0.29) is 11.5 Å². The molecule has 2 aliphatic heterocycles. The third kappa shape index (κ3) is 5.43. The molecule has 3 rings (SSSR count). The first-order chi connectivity index (χ1) is 13.4. The van der Waals surface area contributed by atoms with E-state index >= 15 is 0 Å². The maximum Gasteiger partial charge on any atom is 0.437 e. The van der Waals surface area contributed by atoms with E-state index in [0.29, 0.717) is 12.5 Å². The van der Waals surface area contributed by atoms with Gasteiger partial charge in [-0.2, -0.15) is 0 Å². The third-order valence-electron chi connectivity index (χ3n) is 5.96. The average molecular weight is 408 g/mol. The number of hydrogen-bond acceptors (Lipinski definition) is 4. The number of hydrogen-bond donors (Lipinski definition) is 0. The molecule has 3 aliphatic rings. The molecule has 0 radical (unpaired) electrons. The quantitative estimate of drug-likeness (QED) is 0.568. The summed E-state index contributed by atoms with van der Waals surface area (Å²) in [6.45, 7) is 12.3. The number of guanidine groups is 1. The molecule has 3 fully saturated rings. The molecule has 1 saturated carbocycles. The maximum absolute atomic E-state index is 12.9. The van der Waals surface area contributed by atoms with Crippen molar-refractivity contribution < 1.29 is 19.1 Å². The van der Waals surface area contributed by atoms with Gasteiger partial charge in [0.05, 0.1) is 12.6 Å². The number of rotatable bonds is 0. The standard InChI is InChI=1S/C22H37N3O4/c1-20(2,3)28-18(26)23-17-24(19(27)29-21(4,5)6)14-16-10-13-22(15-25(16)17)11-8-7-9-12-22/h16H,7-15H2,1-6H3/b23-17-. The van der Waals surface area contributed by atoms with Gasteiger partial charge >= 0.3 is 12.2 Å². The third-order valence-corrected chi connectivity index (χ3v) is 5.96. The first-order valence-electron chi connectivity index (χ1n) is 11.0. The van der Waals surface area contributed by atoms with E-state index in [0.717, 1.165) is 13.0 Å². The minimum absolute atomic E-state index is 0.177. The first kappa shape index (κ1) is 21.9. The monoisotopic (exact) mass is 407 g/mol. The fourth-order valence-electron chi connectivity index (χ4n) is 4.74. The van der Waals surface area contributed by atoms with Crippen molar-refractivity contribution in [2.45, 2.75) is 104 Å². The zero-order valence-corrected chi connectivity index (χ0v) is 18.9. The van der Waals surface area contributed by atoms with Crippen LogP contribution in [0.15, 0.2) is 4.99 Å². The molecule has 0 aromatic carbocycles. The molecule has 7 nitrogen and oxygen atoms in total. The second kappa shape index (κ2) is 7.80. The minimum atomic E-state index is -0.662. The van der Waals surface area contributed by atoms with Crippen molar-refractivity contribution in [1.29, 1.82) is 0 Å². The summed E-state index contributed by atoms with van der Waals surface area (Å²) in [4.78, 5) is 33.3. The van der Waals surface area contributed by atoms with Gasteiger partial charge in [-0.15, -0.1) is 4.99 Å². The lowest BCUT2D eigenvalue weighted by Crippen LogP contribution is -2.50. The highest BCUT2D eigenvalue weighted by molar-refractivity contribution is 6.00. The highest BCUT2D eigenvalue weighted by Gasteiger charge is 2.48. The fourth-order valence-corrected chi connectivity index (χ4v) is 4.74. The van der Waals surface area contributed by atoms with Gasteiger partial charge in [-0.05, 0) is 72.6 Å². The zero-order valence-electron chi connectivity index (χ0n) is 18.9. The van der Waals surface area contributed by atoms with E-state index in [4.69, 9.17) is 9.47 Å². The Morgan fingerprint density at radius 3 is 2.17 bits per heavy atom. The molecule has 1 unspecified atom stereocenters. The molecule has 0 bridgehead atoms. The van der Waals surface area contributed by atoms with Gasteiger partial charge in [0, 0.05) is 6.54 Å². The average Bonchev–Trinajstić information content (AvgIpc) is 2.90. The summed E-state index contributed by atoms with van der Waals surface area (Å²) in [5.74, 6) is 0.392. The van der Waals surface area contributed by atoms with Crippen molar-refractivity contribution in [3.8, 4) is 0 Å². The number of carbonyl (C=O) groups excluding carboxylic acids is 2. The summed E-state index contributed by atoms with van der Waals surface area (Å²) in [5, 5.41) is 0. The van der Waals surface area contributed by atoms with Crippen LogP contribution in [0, 0.1) is 5.41 Å². The van der Waals surface area contributed by atoms with Crippen LogP contribution in [0.5, 0.6) is 0 Å². The van der Waals surface area contributed by atoms with Gasteiger partial charge in [0.15, 0.2) is 0 Å². The molecule has 7 heteroatoms. The number of piperidine rings is 1. The Hall–Kier alpha value is -1.79. The number of amides is 2. The van der Waals surface area contributed by atoms with Crippen LogP contribution in [0.1, 0.15) is 86.5 Å². The van der Waals surface area contributed by atoms with Crippen LogP contribution in [0.2, 0.25) is 0 Å². The Morgan fingerprint density at radius 2 is 1.59 bits per heavy atom. The van der Waals surface area contributed by atoms with Crippen molar-refractivity contribution >= 4 is 18.1 Å². The molecular weight excluding hydrogens is 370 g/mol. The van der Waals surface area contributed by atoms with Gasteiger partial charge < -0.3 is 14.4 Å². The highest BCUT2D eigenvalue weighted by Crippen LogP contribution is 2.46. The first-order valence-corrected chi connectivity index (χ1v) is 11.0. The molecule has 1 aliphatic carbocycles. The SMILES string of the molecule is CC(C)(C)OC(=O)/N=C1/N(C(=O)OC(C)(C)C)CC2CCC3(CCCCC3)CN12. The highest BCUT2D eigenvalue weighted by atomic mass is 16.6. The van der Waals surface area contributed by atoms with Gasteiger partial charge in [-0.25, -0.2) is 14.5 Å². The maximum atomic E-state index is 12.9. The molecule has 2 amide bonds. The lowest BCUT2D eigenvalue weighted by atomic mass is 9.68. The topological polar surface area (TPSA) is 71.4 Å². The van der Waals surface area contributed by atoms with Crippen molar-refractivity contribution in [3.63, 3.8) is 0 Å². The molecule has 2 saturated heterocycles. The summed E-state index contributed by atoms with van der Waals surface area (Å²) < 4.78 is 11.0. The lowest BCUT2D eigenvalue weighted by Gasteiger charge is -2.46. The van der Waals surface area contributed by atoms with Crippen molar-refractivity contribution in [2.24, 2.45) is 10.4 Å². The van der Waals surface area contributed by atoms with Crippen LogP contribution in [0.4, 0.5) is 9.59 Å². The van der Waals surface area contributed by atoms with Crippen molar-refractivity contribution in [3.05, 3.63) is 0 Å². The van der Waals surface area contributed by atoms with E-state index in [1.165, 1.54) is 43.4 Å². The number of aliphatic imine (C=N–C) groups is 1. The van der Waals surface area contributed by atoms with Gasteiger partial charge in [0.1, 0.15) is 11.2 Å². The Bertz CT molecular complexity index is 669. The number of ether oxygens (including phenoxy) is 2. The van der Waals surface area contributed by atoms with E-state index in [1.54, 1.807) is 0 Å². The van der Waals surface area contributed by atoms with Crippen LogP contribution in [-0.4, -0.2) is 58.3 Å². The second-order valence-electron chi connectivity index (χ2n) is 10.9. The molecule has 29 heavy (non-hydrogen) atoms. The Labute approximate surface area is 174 Å². The van der Waals surface area contributed by atoms with Crippen LogP contribution in [-0.2, 0) is 9.47 Å². The Kier molecular flexibility index (Phi) is 5.89. The Morgan fingerprint density at radius 1 is 0.966 bits per heavy atom. The summed E-state index contributed by atoms with van der Waals surface area (Å²) in [5.41, 5.74) is -0.975. The molecule has 0 aromatic heterocycles. The summed E-state index contributed by atoms with van der Waals surface area (Å²) in [6, 6.07) is 0.177. The lowest BCUT2D eigenvalue weighted by molar-refractivity contribution is 0.0376. The van der Waals surface area contributed by atoms with Gasteiger partial charge in [-0.1, -0.05) is 19.3 Å².